The Morgan fingerprint density at radius 2 is 0.492 bits per heavy atom. The Bertz CT molecular complexity index is 907. The van der Waals surface area contributed by atoms with Crippen LogP contribution in [-0.2, 0) is 6.61 Å². The van der Waals surface area contributed by atoms with Crippen molar-refractivity contribution in [3.63, 3.8) is 0 Å². The van der Waals surface area contributed by atoms with Crippen molar-refractivity contribution in [2.24, 2.45) is 0 Å². The van der Waals surface area contributed by atoms with Crippen molar-refractivity contribution in [3.05, 3.63) is 17.7 Å². The van der Waals surface area contributed by atoms with Crippen LogP contribution in [0, 0.1) is 0 Å². The summed E-state index contributed by atoms with van der Waals surface area (Å²) < 4.78 is 19.3. The second kappa shape index (κ2) is 46.1. The minimum absolute atomic E-state index is 0.0241. The van der Waals surface area contributed by atoms with E-state index in [0.29, 0.717) is 19.8 Å². The highest BCUT2D eigenvalue weighted by Crippen LogP contribution is 2.40. The molecule has 0 aliphatic carbocycles. The molecule has 0 radical (unpaired) electrons. The Morgan fingerprint density at radius 3 is 0.712 bits per heavy atom. The van der Waals surface area contributed by atoms with Gasteiger partial charge in [0.1, 0.15) is 0 Å². The third-order valence-electron chi connectivity index (χ3n) is 12.5. The van der Waals surface area contributed by atoms with Crippen molar-refractivity contribution in [2.45, 2.75) is 297 Å². The molecular formula is C55H104O4. The first-order valence-corrected chi connectivity index (χ1v) is 26.9. The first-order valence-electron chi connectivity index (χ1n) is 26.9. The third kappa shape index (κ3) is 36.9. The Morgan fingerprint density at radius 1 is 0.288 bits per heavy atom. The lowest BCUT2D eigenvalue weighted by Gasteiger charge is -2.18. The van der Waals surface area contributed by atoms with Gasteiger partial charge in [-0.1, -0.05) is 271 Å². The molecule has 0 saturated heterocycles. The number of benzene rings is 1. The van der Waals surface area contributed by atoms with Gasteiger partial charge < -0.3 is 19.3 Å². The van der Waals surface area contributed by atoms with Crippen molar-refractivity contribution < 1.29 is 19.3 Å². The van der Waals surface area contributed by atoms with Gasteiger partial charge in [-0.25, -0.2) is 0 Å². The summed E-state index contributed by atoms with van der Waals surface area (Å²) in [7, 11) is 0. The van der Waals surface area contributed by atoms with Gasteiger partial charge in [-0.2, -0.15) is 0 Å². The van der Waals surface area contributed by atoms with Crippen LogP contribution in [0.4, 0.5) is 0 Å². The summed E-state index contributed by atoms with van der Waals surface area (Å²) in [5, 5.41) is 10.2. The molecule has 0 atom stereocenters. The van der Waals surface area contributed by atoms with Crippen LogP contribution in [0.1, 0.15) is 296 Å². The first kappa shape index (κ1) is 55.6. The number of hydrogen-bond acceptors (Lipinski definition) is 4. The summed E-state index contributed by atoms with van der Waals surface area (Å²) >= 11 is 0. The van der Waals surface area contributed by atoms with Crippen LogP contribution in [0.25, 0.3) is 0 Å². The molecule has 0 unspecified atom stereocenters. The van der Waals surface area contributed by atoms with Gasteiger partial charge in [-0.3, -0.25) is 0 Å². The smallest absolute Gasteiger partial charge is 0.203 e. The fourth-order valence-electron chi connectivity index (χ4n) is 8.51. The van der Waals surface area contributed by atoms with Crippen LogP contribution in [0.15, 0.2) is 12.1 Å². The lowest BCUT2D eigenvalue weighted by Crippen LogP contribution is -2.07. The molecule has 59 heavy (non-hydrogen) atoms. The topological polar surface area (TPSA) is 47.9 Å². The molecular weight excluding hydrogens is 725 g/mol. The number of aliphatic hydroxyl groups is 1. The molecule has 348 valence electrons. The average Bonchev–Trinajstić information content (AvgIpc) is 3.25. The molecule has 0 fully saturated rings. The van der Waals surface area contributed by atoms with E-state index in [0.717, 1.165) is 42.1 Å². The van der Waals surface area contributed by atoms with Crippen molar-refractivity contribution >= 4 is 0 Å². The number of aliphatic hydroxyl groups excluding tert-OH is 1. The summed E-state index contributed by atoms with van der Waals surface area (Å²) in [5.74, 6) is 2.23. The fraction of sp³-hybridized carbons (Fsp3) is 0.891. The molecule has 1 rings (SSSR count). The molecule has 0 spiro atoms. The molecule has 0 aliphatic rings. The van der Waals surface area contributed by atoms with Gasteiger partial charge in [0.25, 0.3) is 0 Å². The Balaban J connectivity index is 2.44. The van der Waals surface area contributed by atoms with E-state index in [1.165, 1.54) is 250 Å². The second-order valence-electron chi connectivity index (χ2n) is 18.4. The monoisotopic (exact) mass is 829 g/mol. The Kier molecular flexibility index (Phi) is 43.4. The lowest BCUT2D eigenvalue weighted by atomic mass is 10.0. The minimum Gasteiger partial charge on any atom is -0.490 e. The van der Waals surface area contributed by atoms with Crippen LogP contribution in [0.3, 0.4) is 0 Å². The van der Waals surface area contributed by atoms with E-state index in [2.05, 4.69) is 20.8 Å². The maximum Gasteiger partial charge on any atom is 0.203 e. The van der Waals surface area contributed by atoms with Gasteiger partial charge >= 0.3 is 0 Å². The van der Waals surface area contributed by atoms with E-state index >= 15 is 0 Å². The standard InChI is InChI=1S/C55H104O4/c1-4-7-10-13-16-19-22-25-28-31-34-37-40-43-46-57-53-49-52(51-56)50-54(58-47-44-41-38-35-32-29-26-23-20-17-14-11-8-5-2)55(53)59-48-45-42-39-36-33-30-27-24-21-18-15-12-9-6-3/h49-50,56H,4-48,51H2,1-3H3. The van der Waals surface area contributed by atoms with Crippen molar-refractivity contribution in [3.8, 4) is 17.2 Å². The molecule has 4 heteroatoms. The number of hydrogen-bond donors (Lipinski definition) is 1. The third-order valence-corrected chi connectivity index (χ3v) is 12.5. The van der Waals surface area contributed by atoms with E-state index in [1.54, 1.807) is 0 Å². The van der Waals surface area contributed by atoms with Gasteiger partial charge in [0, 0.05) is 0 Å². The summed E-state index contributed by atoms with van der Waals surface area (Å²) in [5.41, 5.74) is 0.834. The maximum absolute atomic E-state index is 10.2. The quantitative estimate of drug-likeness (QED) is 0.0665. The zero-order valence-electron chi connectivity index (χ0n) is 40.4. The normalized spacial score (nSPS) is 11.5. The second-order valence-corrected chi connectivity index (χ2v) is 18.4. The van der Waals surface area contributed by atoms with Crippen LogP contribution in [0.2, 0.25) is 0 Å². The molecule has 4 nitrogen and oxygen atoms in total. The van der Waals surface area contributed by atoms with Gasteiger partial charge in [0.2, 0.25) is 5.75 Å². The minimum atomic E-state index is -0.0241. The fourth-order valence-corrected chi connectivity index (χ4v) is 8.51. The molecule has 0 bridgehead atoms. The number of ether oxygens (including phenoxy) is 3. The molecule has 0 amide bonds. The summed E-state index contributed by atoms with van der Waals surface area (Å²) in [4.78, 5) is 0. The van der Waals surface area contributed by atoms with Crippen molar-refractivity contribution in [1.82, 2.24) is 0 Å². The molecule has 0 aromatic heterocycles. The lowest BCUT2D eigenvalue weighted by molar-refractivity contribution is 0.231. The largest absolute Gasteiger partial charge is 0.490 e. The average molecular weight is 829 g/mol. The molecule has 0 saturated carbocycles. The van der Waals surface area contributed by atoms with E-state index in [-0.39, 0.29) is 6.61 Å². The first-order chi connectivity index (χ1) is 29.3. The highest BCUT2D eigenvalue weighted by molar-refractivity contribution is 5.54. The molecule has 1 N–H and O–H groups in total. The summed E-state index contributed by atoms with van der Waals surface area (Å²) in [6, 6.07) is 3.95. The van der Waals surface area contributed by atoms with E-state index in [1.807, 2.05) is 12.1 Å². The zero-order chi connectivity index (χ0) is 42.4. The Hall–Kier alpha value is -1.42. The van der Waals surface area contributed by atoms with E-state index in [4.69, 9.17) is 14.2 Å². The maximum atomic E-state index is 10.2. The molecule has 1 aromatic rings. The van der Waals surface area contributed by atoms with Crippen LogP contribution < -0.4 is 14.2 Å². The Labute approximate surface area is 369 Å². The zero-order valence-corrected chi connectivity index (χ0v) is 40.4. The van der Waals surface area contributed by atoms with Gasteiger partial charge in [-0.05, 0) is 37.0 Å². The van der Waals surface area contributed by atoms with Crippen molar-refractivity contribution in [1.29, 1.82) is 0 Å². The predicted octanol–water partition coefficient (Wildman–Crippen LogP) is 18.8. The number of unbranched alkanes of at least 4 members (excludes halogenated alkanes) is 39. The van der Waals surface area contributed by atoms with E-state index < -0.39 is 0 Å². The van der Waals surface area contributed by atoms with Crippen molar-refractivity contribution in [2.75, 3.05) is 19.8 Å². The van der Waals surface area contributed by atoms with Crippen LogP contribution >= 0.6 is 0 Å². The molecule has 0 aliphatic heterocycles. The predicted molar refractivity (Wildman–Crippen MR) is 260 cm³/mol. The summed E-state index contributed by atoms with van der Waals surface area (Å²) in [6.07, 6.45) is 56.8. The van der Waals surface area contributed by atoms with Crippen LogP contribution in [0.5, 0.6) is 17.2 Å². The highest BCUT2D eigenvalue weighted by atomic mass is 16.5. The van der Waals surface area contributed by atoms with E-state index in [9.17, 15) is 5.11 Å². The van der Waals surface area contributed by atoms with Gasteiger partial charge in [0.05, 0.1) is 26.4 Å². The molecule has 1 aromatic carbocycles. The van der Waals surface area contributed by atoms with Gasteiger partial charge in [0.15, 0.2) is 11.5 Å². The van der Waals surface area contributed by atoms with Crippen LogP contribution in [-0.4, -0.2) is 24.9 Å². The number of rotatable bonds is 49. The van der Waals surface area contributed by atoms with Gasteiger partial charge in [-0.15, -0.1) is 0 Å². The molecule has 0 heterocycles. The SMILES string of the molecule is CCCCCCCCCCCCCCCCOc1cc(CO)cc(OCCCCCCCCCCCCCCCC)c1OCCCCCCCCCCCCCCCC. The summed E-state index contributed by atoms with van der Waals surface area (Å²) in [6.45, 7) is 8.91. The highest BCUT2D eigenvalue weighted by Gasteiger charge is 2.16.